The van der Waals surface area contributed by atoms with Gasteiger partial charge in [-0.15, -0.1) is 0 Å². The quantitative estimate of drug-likeness (QED) is 0.673. The first-order valence-electron chi connectivity index (χ1n) is 6.24. The standard InChI is InChI=1S/C15H13N3O3/c1-17-10-11-4-2-6-13(8-11)21-14-7-3-5-12(9-16)15(14)18(19)20/h2-8,17H,10H2,1H3. The van der Waals surface area contributed by atoms with Crippen LogP contribution in [0.3, 0.4) is 0 Å². The fraction of sp³-hybridized carbons (Fsp3) is 0.133. The van der Waals surface area contributed by atoms with Crippen molar-refractivity contribution in [3.8, 4) is 17.6 Å². The van der Waals surface area contributed by atoms with Crippen LogP contribution in [-0.4, -0.2) is 12.0 Å². The Morgan fingerprint density at radius 3 is 2.76 bits per heavy atom. The molecule has 0 aliphatic carbocycles. The van der Waals surface area contributed by atoms with Crippen LogP contribution in [0, 0.1) is 21.4 Å². The average Bonchev–Trinajstić information content (AvgIpc) is 2.47. The highest BCUT2D eigenvalue weighted by atomic mass is 16.6. The van der Waals surface area contributed by atoms with Crippen molar-refractivity contribution >= 4 is 5.69 Å². The Hall–Kier alpha value is -2.91. The van der Waals surface area contributed by atoms with Crippen molar-refractivity contribution in [2.75, 3.05) is 7.05 Å². The Kier molecular flexibility index (Phi) is 4.49. The first-order valence-corrected chi connectivity index (χ1v) is 6.24. The fourth-order valence-electron chi connectivity index (χ4n) is 1.93. The summed E-state index contributed by atoms with van der Waals surface area (Å²) in [5.74, 6) is 0.543. The van der Waals surface area contributed by atoms with Crippen LogP contribution in [0.1, 0.15) is 11.1 Å². The summed E-state index contributed by atoms with van der Waals surface area (Å²) < 4.78 is 5.58. The van der Waals surface area contributed by atoms with E-state index in [-0.39, 0.29) is 17.0 Å². The van der Waals surface area contributed by atoms with E-state index in [0.717, 1.165) is 5.56 Å². The molecule has 2 rings (SSSR count). The summed E-state index contributed by atoms with van der Waals surface area (Å²) in [5, 5.41) is 23.1. The van der Waals surface area contributed by atoms with Gasteiger partial charge in [0, 0.05) is 6.54 Å². The van der Waals surface area contributed by atoms with Gasteiger partial charge in [-0.05, 0) is 36.9 Å². The highest BCUT2D eigenvalue weighted by molar-refractivity contribution is 5.59. The van der Waals surface area contributed by atoms with Gasteiger partial charge in [0.1, 0.15) is 17.4 Å². The molecular formula is C15H13N3O3. The second-order valence-corrected chi connectivity index (χ2v) is 4.30. The number of nitro groups is 1. The number of nitriles is 1. The molecule has 1 N–H and O–H groups in total. The average molecular weight is 283 g/mol. The Balaban J connectivity index is 2.38. The number of para-hydroxylation sites is 1. The molecule has 0 unspecified atom stereocenters. The highest BCUT2D eigenvalue weighted by Gasteiger charge is 2.21. The Morgan fingerprint density at radius 2 is 2.10 bits per heavy atom. The SMILES string of the molecule is CNCc1cccc(Oc2cccc(C#N)c2[N+](=O)[O-])c1. The Bertz CT molecular complexity index is 708. The summed E-state index contributed by atoms with van der Waals surface area (Å²) in [6.45, 7) is 0.664. The van der Waals surface area contributed by atoms with Crippen LogP contribution in [-0.2, 0) is 6.54 Å². The van der Waals surface area contributed by atoms with Gasteiger partial charge in [0.2, 0.25) is 5.75 Å². The van der Waals surface area contributed by atoms with Crippen LogP contribution in [0.25, 0.3) is 0 Å². The van der Waals surface area contributed by atoms with Gasteiger partial charge in [-0.2, -0.15) is 5.26 Å². The monoisotopic (exact) mass is 283 g/mol. The van der Waals surface area contributed by atoms with Gasteiger partial charge in [-0.1, -0.05) is 18.2 Å². The maximum absolute atomic E-state index is 11.1. The van der Waals surface area contributed by atoms with E-state index < -0.39 is 4.92 Å². The van der Waals surface area contributed by atoms with E-state index in [1.807, 2.05) is 19.2 Å². The number of benzene rings is 2. The third-order valence-corrected chi connectivity index (χ3v) is 2.81. The van der Waals surface area contributed by atoms with E-state index in [4.69, 9.17) is 10.00 Å². The molecular weight excluding hydrogens is 270 g/mol. The minimum atomic E-state index is -0.606. The zero-order valence-corrected chi connectivity index (χ0v) is 11.4. The molecule has 0 fully saturated rings. The number of hydrogen-bond acceptors (Lipinski definition) is 5. The number of rotatable bonds is 5. The molecule has 6 heteroatoms. The summed E-state index contributed by atoms with van der Waals surface area (Å²) in [6, 6.07) is 13.5. The molecule has 106 valence electrons. The number of nitro benzene ring substituents is 1. The molecule has 0 aliphatic rings. The molecule has 0 spiro atoms. The summed E-state index contributed by atoms with van der Waals surface area (Å²) in [6.07, 6.45) is 0. The summed E-state index contributed by atoms with van der Waals surface area (Å²) in [4.78, 5) is 10.5. The van der Waals surface area contributed by atoms with Gasteiger partial charge in [-0.25, -0.2) is 0 Å². The normalized spacial score (nSPS) is 9.90. The van der Waals surface area contributed by atoms with Crippen molar-refractivity contribution in [1.29, 1.82) is 5.26 Å². The molecule has 0 amide bonds. The maximum atomic E-state index is 11.1. The van der Waals surface area contributed by atoms with Gasteiger partial charge in [-0.3, -0.25) is 10.1 Å². The highest BCUT2D eigenvalue weighted by Crippen LogP contribution is 2.34. The summed E-state index contributed by atoms with van der Waals surface area (Å²) in [5.41, 5.74) is 0.650. The van der Waals surface area contributed by atoms with Gasteiger partial charge >= 0.3 is 5.69 Å². The molecule has 0 aromatic heterocycles. The molecule has 0 saturated heterocycles. The summed E-state index contributed by atoms with van der Waals surface area (Å²) in [7, 11) is 1.83. The first-order chi connectivity index (χ1) is 10.2. The number of ether oxygens (including phenoxy) is 1. The van der Waals surface area contributed by atoms with E-state index in [0.29, 0.717) is 12.3 Å². The van der Waals surface area contributed by atoms with Gasteiger partial charge in [0.15, 0.2) is 0 Å². The Labute approximate surface area is 121 Å². The van der Waals surface area contributed by atoms with Gasteiger partial charge < -0.3 is 10.1 Å². The molecule has 0 atom stereocenters. The van der Waals surface area contributed by atoms with Crippen molar-refractivity contribution in [1.82, 2.24) is 5.32 Å². The second kappa shape index (κ2) is 6.50. The van der Waals surface area contributed by atoms with E-state index >= 15 is 0 Å². The van der Waals surface area contributed by atoms with Crippen LogP contribution < -0.4 is 10.1 Å². The van der Waals surface area contributed by atoms with Crippen LogP contribution in [0.4, 0.5) is 5.69 Å². The minimum absolute atomic E-state index is 0.0242. The van der Waals surface area contributed by atoms with Crippen LogP contribution >= 0.6 is 0 Å². The number of nitrogens with one attached hydrogen (secondary N) is 1. The predicted octanol–water partition coefficient (Wildman–Crippen LogP) is 2.98. The topological polar surface area (TPSA) is 88.2 Å². The molecule has 0 heterocycles. The van der Waals surface area contributed by atoms with Crippen molar-refractivity contribution < 1.29 is 9.66 Å². The van der Waals surface area contributed by atoms with Crippen LogP contribution in [0.2, 0.25) is 0 Å². The van der Waals surface area contributed by atoms with Crippen molar-refractivity contribution in [3.05, 3.63) is 63.7 Å². The van der Waals surface area contributed by atoms with Crippen molar-refractivity contribution in [3.63, 3.8) is 0 Å². The van der Waals surface area contributed by atoms with Crippen molar-refractivity contribution in [2.45, 2.75) is 6.54 Å². The van der Waals surface area contributed by atoms with Crippen molar-refractivity contribution in [2.24, 2.45) is 0 Å². The van der Waals surface area contributed by atoms with Gasteiger partial charge in [0.25, 0.3) is 0 Å². The third-order valence-electron chi connectivity index (χ3n) is 2.81. The Morgan fingerprint density at radius 1 is 1.33 bits per heavy atom. The summed E-state index contributed by atoms with van der Waals surface area (Å²) >= 11 is 0. The van der Waals surface area contributed by atoms with Gasteiger partial charge in [0.05, 0.1) is 4.92 Å². The number of hydrogen-bond donors (Lipinski definition) is 1. The molecule has 0 radical (unpaired) electrons. The lowest BCUT2D eigenvalue weighted by Crippen LogP contribution is -2.04. The lowest BCUT2D eigenvalue weighted by Gasteiger charge is -2.08. The van der Waals surface area contributed by atoms with E-state index in [2.05, 4.69) is 5.32 Å². The van der Waals surface area contributed by atoms with Crippen LogP contribution in [0.15, 0.2) is 42.5 Å². The minimum Gasteiger partial charge on any atom is -0.450 e. The molecule has 0 saturated carbocycles. The molecule has 0 bridgehead atoms. The zero-order chi connectivity index (χ0) is 15.2. The van der Waals surface area contributed by atoms with E-state index in [1.165, 1.54) is 12.1 Å². The molecule has 2 aromatic rings. The fourth-order valence-corrected chi connectivity index (χ4v) is 1.93. The van der Waals surface area contributed by atoms with E-state index in [1.54, 1.807) is 24.3 Å². The zero-order valence-electron chi connectivity index (χ0n) is 11.4. The molecule has 6 nitrogen and oxygen atoms in total. The lowest BCUT2D eigenvalue weighted by molar-refractivity contribution is -0.385. The predicted molar refractivity (Wildman–Crippen MR) is 77.1 cm³/mol. The smallest absolute Gasteiger partial charge is 0.329 e. The third kappa shape index (κ3) is 3.35. The largest absolute Gasteiger partial charge is 0.450 e. The molecule has 0 aliphatic heterocycles. The number of nitrogens with zero attached hydrogens (tertiary/aromatic N) is 2. The maximum Gasteiger partial charge on any atom is 0.329 e. The van der Waals surface area contributed by atoms with E-state index in [9.17, 15) is 10.1 Å². The first kappa shape index (κ1) is 14.5. The lowest BCUT2D eigenvalue weighted by atomic mass is 10.2. The second-order valence-electron chi connectivity index (χ2n) is 4.30. The molecule has 21 heavy (non-hydrogen) atoms. The van der Waals surface area contributed by atoms with Crippen LogP contribution in [0.5, 0.6) is 11.5 Å². The molecule has 2 aromatic carbocycles.